The highest BCUT2D eigenvalue weighted by Crippen LogP contribution is 2.16. The third-order valence-corrected chi connectivity index (χ3v) is 5.71. The van der Waals surface area contributed by atoms with E-state index in [0.29, 0.717) is 28.2 Å². The summed E-state index contributed by atoms with van der Waals surface area (Å²) in [6.45, 7) is 1.51. The highest BCUT2D eigenvalue weighted by atomic mass is 32.2. The molecule has 1 amide bonds. The van der Waals surface area contributed by atoms with Crippen LogP contribution in [-0.2, 0) is 16.6 Å². The summed E-state index contributed by atoms with van der Waals surface area (Å²) in [5.74, 6) is -0.584. The number of carbonyl (C=O) groups is 1. The number of aromatic amines is 1. The quantitative estimate of drug-likeness (QED) is 0.732. The monoisotopic (exact) mass is 327 g/mol. The Bertz CT molecular complexity index is 836. The molecule has 2 rings (SSSR count). The Labute approximate surface area is 124 Å². The Balaban J connectivity index is 2.19. The predicted molar refractivity (Wildman–Crippen MR) is 78.7 cm³/mol. The number of aromatic nitrogens is 1. The maximum absolute atomic E-state index is 12.1. The smallest absolute Gasteiger partial charge is 0.305 e. The van der Waals surface area contributed by atoms with Gasteiger partial charge >= 0.3 is 4.87 Å². The molecule has 4 N–H and O–H groups in total. The topological polar surface area (TPSA) is 122 Å². The van der Waals surface area contributed by atoms with Crippen LogP contribution >= 0.6 is 11.3 Å². The Kier molecular flexibility index (Phi) is 4.26. The lowest BCUT2D eigenvalue weighted by Crippen LogP contribution is -2.23. The molecule has 112 valence electrons. The van der Waals surface area contributed by atoms with Gasteiger partial charge in [-0.1, -0.05) is 23.5 Å². The van der Waals surface area contributed by atoms with Crippen molar-refractivity contribution in [3.05, 3.63) is 50.8 Å². The molecule has 0 fully saturated rings. The normalized spacial score (nSPS) is 11.5. The van der Waals surface area contributed by atoms with E-state index >= 15 is 0 Å². The Morgan fingerprint density at radius 1 is 1.43 bits per heavy atom. The molecule has 0 unspecified atom stereocenters. The number of H-pyrrole nitrogens is 1. The van der Waals surface area contributed by atoms with Gasteiger partial charge in [-0.25, -0.2) is 13.1 Å². The number of hydrogen-bond acceptors (Lipinski definition) is 5. The lowest BCUT2D eigenvalue weighted by Gasteiger charge is -2.06. The Morgan fingerprint density at radius 3 is 2.71 bits per heavy atom. The van der Waals surface area contributed by atoms with E-state index in [2.05, 4.69) is 9.71 Å². The Morgan fingerprint density at radius 2 is 2.14 bits per heavy atom. The summed E-state index contributed by atoms with van der Waals surface area (Å²) in [6.07, 6.45) is 0. The molecular formula is C12H13N3O4S2. The van der Waals surface area contributed by atoms with Crippen LogP contribution in [0, 0.1) is 6.92 Å². The summed E-state index contributed by atoms with van der Waals surface area (Å²) in [6, 6.07) is 6.34. The molecule has 0 aliphatic carbocycles. The van der Waals surface area contributed by atoms with Crippen LogP contribution in [0.3, 0.4) is 0 Å². The first kappa shape index (κ1) is 15.4. The summed E-state index contributed by atoms with van der Waals surface area (Å²) < 4.78 is 26.6. The van der Waals surface area contributed by atoms with Gasteiger partial charge in [0.05, 0.1) is 0 Å². The van der Waals surface area contributed by atoms with Crippen LogP contribution in [-0.4, -0.2) is 19.3 Å². The molecule has 0 spiro atoms. The van der Waals surface area contributed by atoms with E-state index in [0.717, 1.165) is 0 Å². The number of sulfonamides is 1. The first-order valence-corrected chi connectivity index (χ1v) is 8.17. The summed E-state index contributed by atoms with van der Waals surface area (Å²) in [7, 11) is -3.78. The third kappa shape index (κ3) is 3.57. The van der Waals surface area contributed by atoms with Gasteiger partial charge in [-0.3, -0.25) is 9.59 Å². The highest BCUT2D eigenvalue weighted by molar-refractivity contribution is 7.91. The fourth-order valence-electron chi connectivity index (χ4n) is 1.73. The third-order valence-electron chi connectivity index (χ3n) is 2.70. The fraction of sp³-hybridized carbons (Fsp3) is 0.167. The van der Waals surface area contributed by atoms with Gasteiger partial charge in [0, 0.05) is 17.8 Å². The number of carbonyl (C=O) groups excluding carboxylic acids is 1. The van der Waals surface area contributed by atoms with Crippen molar-refractivity contribution in [2.75, 3.05) is 0 Å². The number of nitrogens with one attached hydrogen (secondary N) is 2. The van der Waals surface area contributed by atoms with Crippen molar-refractivity contribution < 1.29 is 13.2 Å². The van der Waals surface area contributed by atoms with Crippen molar-refractivity contribution >= 4 is 27.3 Å². The van der Waals surface area contributed by atoms with Crippen LogP contribution < -0.4 is 15.3 Å². The molecule has 0 radical (unpaired) electrons. The van der Waals surface area contributed by atoms with Crippen LogP contribution in [0.5, 0.6) is 0 Å². The number of hydrogen-bond donors (Lipinski definition) is 3. The number of aryl methyl sites for hydroxylation is 1. The summed E-state index contributed by atoms with van der Waals surface area (Å²) >= 11 is 0.629. The number of amides is 1. The number of primary amides is 1. The second-order valence-corrected chi connectivity index (χ2v) is 7.26. The molecule has 1 aromatic heterocycles. The number of thiazole rings is 1. The van der Waals surface area contributed by atoms with Crippen molar-refractivity contribution in [2.45, 2.75) is 17.7 Å². The molecule has 21 heavy (non-hydrogen) atoms. The zero-order valence-electron chi connectivity index (χ0n) is 11.0. The maximum Gasteiger partial charge on any atom is 0.305 e. The number of benzene rings is 1. The van der Waals surface area contributed by atoms with E-state index in [1.165, 1.54) is 13.0 Å². The van der Waals surface area contributed by atoms with E-state index in [4.69, 9.17) is 5.73 Å². The van der Waals surface area contributed by atoms with Gasteiger partial charge in [0.25, 0.3) is 10.0 Å². The van der Waals surface area contributed by atoms with Gasteiger partial charge in [-0.15, -0.1) is 0 Å². The van der Waals surface area contributed by atoms with Gasteiger partial charge in [-0.05, 0) is 24.6 Å². The maximum atomic E-state index is 12.1. The average Bonchev–Trinajstić information content (AvgIpc) is 2.77. The zero-order chi connectivity index (χ0) is 15.6. The predicted octanol–water partition coefficient (Wildman–Crippen LogP) is 0.322. The summed E-state index contributed by atoms with van der Waals surface area (Å²) in [5.41, 5.74) is 6.35. The lowest BCUT2D eigenvalue weighted by atomic mass is 10.1. The minimum absolute atomic E-state index is 0.00498. The summed E-state index contributed by atoms with van der Waals surface area (Å²) in [4.78, 5) is 24.2. The molecule has 0 aliphatic rings. The van der Waals surface area contributed by atoms with Crippen molar-refractivity contribution in [2.24, 2.45) is 5.73 Å². The van der Waals surface area contributed by atoms with Gasteiger partial charge in [0.1, 0.15) is 0 Å². The second kappa shape index (κ2) is 5.80. The molecule has 0 saturated heterocycles. The van der Waals surface area contributed by atoms with Crippen LogP contribution in [0.25, 0.3) is 0 Å². The molecule has 0 bridgehead atoms. The molecule has 0 saturated carbocycles. The van der Waals surface area contributed by atoms with Gasteiger partial charge < -0.3 is 10.7 Å². The van der Waals surface area contributed by atoms with E-state index in [9.17, 15) is 18.0 Å². The van der Waals surface area contributed by atoms with Gasteiger partial charge in [0.15, 0.2) is 4.21 Å². The van der Waals surface area contributed by atoms with Gasteiger partial charge in [-0.2, -0.15) is 0 Å². The standard InChI is InChI=1S/C12H13N3O4S2/c1-7-11(20-12(17)15-7)21(18,19)14-6-8-3-2-4-9(5-8)10(13)16/h2-5,14H,6H2,1H3,(H2,13,16)(H,15,17). The van der Waals surface area contributed by atoms with E-state index in [-0.39, 0.29) is 10.8 Å². The first-order chi connectivity index (χ1) is 9.79. The average molecular weight is 327 g/mol. The van der Waals surface area contributed by atoms with Crippen LogP contribution in [0.4, 0.5) is 0 Å². The zero-order valence-corrected chi connectivity index (χ0v) is 12.7. The lowest BCUT2D eigenvalue weighted by molar-refractivity contribution is 0.1000. The first-order valence-electron chi connectivity index (χ1n) is 5.88. The molecule has 0 atom stereocenters. The molecule has 9 heteroatoms. The van der Waals surface area contributed by atoms with Crippen LogP contribution in [0.2, 0.25) is 0 Å². The van der Waals surface area contributed by atoms with Crippen molar-refractivity contribution in [1.29, 1.82) is 0 Å². The van der Waals surface area contributed by atoms with E-state index in [1.807, 2.05) is 0 Å². The molecule has 7 nitrogen and oxygen atoms in total. The van der Waals surface area contributed by atoms with Crippen LogP contribution in [0.1, 0.15) is 21.6 Å². The fourth-order valence-corrected chi connectivity index (χ4v) is 4.09. The molecule has 1 heterocycles. The second-order valence-electron chi connectivity index (χ2n) is 4.32. The largest absolute Gasteiger partial charge is 0.366 e. The van der Waals surface area contributed by atoms with Crippen LogP contribution in [0.15, 0.2) is 33.3 Å². The Hall–Kier alpha value is -1.97. The molecular weight excluding hydrogens is 314 g/mol. The number of nitrogens with two attached hydrogens (primary N) is 1. The van der Waals surface area contributed by atoms with Gasteiger partial charge in [0.2, 0.25) is 5.91 Å². The van der Waals surface area contributed by atoms with Crippen molar-refractivity contribution in [1.82, 2.24) is 9.71 Å². The van der Waals surface area contributed by atoms with Crippen molar-refractivity contribution in [3.8, 4) is 0 Å². The number of rotatable bonds is 5. The molecule has 0 aliphatic heterocycles. The van der Waals surface area contributed by atoms with E-state index in [1.54, 1.807) is 18.2 Å². The van der Waals surface area contributed by atoms with Crippen molar-refractivity contribution in [3.63, 3.8) is 0 Å². The highest BCUT2D eigenvalue weighted by Gasteiger charge is 2.20. The minimum Gasteiger partial charge on any atom is -0.366 e. The minimum atomic E-state index is -3.78. The molecule has 1 aromatic carbocycles. The van der Waals surface area contributed by atoms with E-state index < -0.39 is 20.8 Å². The summed E-state index contributed by atoms with van der Waals surface area (Å²) in [5, 5.41) is 0. The molecule has 2 aromatic rings. The SMILES string of the molecule is Cc1[nH]c(=O)sc1S(=O)(=O)NCc1cccc(C(N)=O)c1.